The van der Waals surface area contributed by atoms with E-state index in [-0.39, 0.29) is 29.9 Å². The molecule has 2 atom stereocenters. The molecule has 1 amide bonds. The van der Waals surface area contributed by atoms with Crippen molar-refractivity contribution in [2.24, 2.45) is 16.8 Å². The van der Waals surface area contributed by atoms with Crippen LogP contribution in [0.25, 0.3) is 0 Å². The third kappa shape index (κ3) is 6.00. The van der Waals surface area contributed by atoms with E-state index < -0.39 is 0 Å². The summed E-state index contributed by atoms with van der Waals surface area (Å²) in [6, 6.07) is 0.413. The summed E-state index contributed by atoms with van der Waals surface area (Å²) in [5.41, 5.74) is 0. The minimum atomic E-state index is 0. The number of rotatable bonds is 5. The minimum absolute atomic E-state index is 0. The zero-order valence-electron chi connectivity index (χ0n) is 15.6. The lowest BCUT2D eigenvalue weighted by Crippen LogP contribution is -2.40. The second-order valence-electron chi connectivity index (χ2n) is 7.74. The Balaban J connectivity index is 0.00000225. The second-order valence-corrected chi connectivity index (χ2v) is 7.74. The van der Waals surface area contributed by atoms with Gasteiger partial charge < -0.3 is 15.5 Å². The van der Waals surface area contributed by atoms with Crippen molar-refractivity contribution in [1.29, 1.82) is 0 Å². The first kappa shape index (κ1) is 20.8. The number of amides is 1. The van der Waals surface area contributed by atoms with Gasteiger partial charge in [0.1, 0.15) is 0 Å². The zero-order chi connectivity index (χ0) is 16.8. The molecule has 0 spiro atoms. The van der Waals surface area contributed by atoms with Crippen LogP contribution in [0.15, 0.2) is 4.99 Å². The molecule has 3 fully saturated rings. The summed E-state index contributed by atoms with van der Waals surface area (Å²) in [6.45, 7) is 5.88. The van der Waals surface area contributed by atoms with E-state index in [0.717, 1.165) is 50.3 Å². The summed E-state index contributed by atoms with van der Waals surface area (Å²) in [7, 11) is 0. The highest BCUT2D eigenvalue weighted by Crippen LogP contribution is 2.35. The van der Waals surface area contributed by atoms with Crippen LogP contribution in [0.3, 0.4) is 0 Å². The summed E-state index contributed by atoms with van der Waals surface area (Å²) >= 11 is 0. The third-order valence-corrected chi connectivity index (χ3v) is 5.93. The van der Waals surface area contributed by atoms with Crippen molar-refractivity contribution in [1.82, 2.24) is 15.5 Å². The van der Waals surface area contributed by atoms with Gasteiger partial charge in [0.2, 0.25) is 5.91 Å². The van der Waals surface area contributed by atoms with Gasteiger partial charge in [0, 0.05) is 32.1 Å². The lowest BCUT2D eigenvalue weighted by molar-refractivity contribution is -0.121. The average Bonchev–Trinajstić information content (AvgIpc) is 3.23. The van der Waals surface area contributed by atoms with Crippen molar-refractivity contribution in [2.45, 2.75) is 70.8 Å². The number of halogens is 1. The molecule has 0 aromatic carbocycles. The minimum Gasteiger partial charge on any atom is -0.357 e. The maximum atomic E-state index is 12.1. The van der Waals surface area contributed by atoms with Crippen molar-refractivity contribution in [2.75, 3.05) is 26.2 Å². The van der Waals surface area contributed by atoms with E-state index in [9.17, 15) is 4.79 Å². The number of nitrogens with one attached hydrogen (secondary N) is 2. The Kier molecular flexibility index (Phi) is 8.79. The highest BCUT2D eigenvalue weighted by atomic mass is 127. The van der Waals surface area contributed by atoms with Gasteiger partial charge in [0.25, 0.3) is 0 Å². The Labute approximate surface area is 169 Å². The molecule has 25 heavy (non-hydrogen) atoms. The fraction of sp³-hybridized carbons (Fsp3) is 0.895. The SMILES string of the molecule is CCNC(=NCCC(=O)NC1CCCC1)N1CC2CCCCC2C1.I. The first-order valence-corrected chi connectivity index (χ1v) is 10.1. The van der Waals surface area contributed by atoms with Gasteiger partial charge in [-0.25, -0.2) is 0 Å². The van der Waals surface area contributed by atoms with Gasteiger partial charge in [0.15, 0.2) is 5.96 Å². The van der Waals surface area contributed by atoms with Crippen LogP contribution >= 0.6 is 24.0 Å². The quantitative estimate of drug-likeness (QED) is 0.375. The van der Waals surface area contributed by atoms with E-state index in [1.165, 1.54) is 38.5 Å². The summed E-state index contributed by atoms with van der Waals surface area (Å²) < 4.78 is 0. The molecule has 0 radical (unpaired) electrons. The molecular formula is C19H35IN4O. The van der Waals surface area contributed by atoms with Gasteiger partial charge in [-0.15, -0.1) is 24.0 Å². The number of hydrogen-bond acceptors (Lipinski definition) is 2. The fourth-order valence-corrected chi connectivity index (χ4v) is 4.64. The lowest BCUT2D eigenvalue weighted by Gasteiger charge is -2.22. The summed E-state index contributed by atoms with van der Waals surface area (Å²) in [4.78, 5) is 19.2. The molecule has 2 aliphatic carbocycles. The van der Waals surface area contributed by atoms with Crippen molar-refractivity contribution in [3.05, 3.63) is 0 Å². The van der Waals surface area contributed by atoms with E-state index in [0.29, 0.717) is 19.0 Å². The Morgan fingerprint density at radius 3 is 2.24 bits per heavy atom. The summed E-state index contributed by atoms with van der Waals surface area (Å²) in [6.07, 6.45) is 10.9. The summed E-state index contributed by atoms with van der Waals surface area (Å²) in [5.74, 6) is 2.89. The van der Waals surface area contributed by atoms with Crippen molar-refractivity contribution < 1.29 is 4.79 Å². The van der Waals surface area contributed by atoms with Crippen LogP contribution in [0.4, 0.5) is 0 Å². The number of nitrogens with zero attached hydrogens (tertiary/aromatic N) is 2. The van der Waals surface area contributed by atoms with Crippen LogP contribution in [0.2, 0.25) is 0 Å². The van der Waals surface area contributed by atoms with Crippen LogP contribution in [-0.4, -0.2) is 49.0 Å². The predicted molar refractivity (Wildman–Crippen MR) is 113 cm³/mol. The molecular weight excluding hydrogens is 427 g/mol. The van der Waals surface area contributed by atoms with Gasteiger partial charge in [-0.1, -0.05) is 25.7 Å². The third-order valence-electron chi connectivity index (χ3n) is 5.93. The van der Waals surface area contributed by atoms with Gasteiger partial charge in [0.05, 0.1) is 6.54 Å². The van der Waals surface area contributed by atoms with E-state index in [1.54, 1.807) is 0 Å². The fourth-order valence-electron chi connectivity index (χ4n) is 4.64. The number of guanidine groups is 1. The predicted octanol–water partition coefficient (Wildman–Crippen LogP) is 3.14. The molecule has 1 aliphatic heterocycles. The largest absolute Gasteiger partial charge is 0.357 e. The van der Waals surface area contributed by atoms with E-state index >= 15 is 0 Å². The van der Waals surface area contributed by atoms with Crippen molar-refractivity contribution in [3.8, 4) is 0 Å². The van der Waals surface area contributed by atoms with Gasteiger partial charge >= 0.3 is 0 Å². The maximum Gasteiger partial charge on any atom is 0.222 e. The molecule has 0 aromatic heterocycles. The Morgan fingerprint density at radius 1 is 1.04 bits per heavy atom. The van der Waals surface area contributed by atoms with Crippen LogP contribution in [-0.2, 0) is 4.79 Å². The van der Waals surface area contributed by atoms with Gasteiger partial charge in [-0.3, -0.25) is 9.79 Å². The molecule has 2 unspecified atom stereocenters. The summed E-state index contributed by atoms with van der Waals surface area (Å²) in [5, 5.41) is 6.58. The topological polar surface area (TPSA) is 56.7 Å². The molecule has 3 aliphatic rings. The van der Waals surface area contributed by atoms with E-state index in [4.69, 9.17) is 4.99 Å². The molecule has 0 bridgehead atoms. The van der Waals surface area contributed by atoms with E-state index in [1.807, 2.05) is 0 Å². The monoisotopic (exact) mass is 462 g/mol. The number of aliphatic imine (C=N–C) groups is 1. The molecule has 1 saturated heterocycles. The number of likely N-dealkylation sites (tertiary alicyclic amines) is 1. The van der Waals surface area contributed by atoms with Crippen LogP contribution in [0.1, 0.15) is 64.7 Å². The Bertz CT molecular complexity index is 437. The number of fused-ring (bicyclic) bond motifs is 1. The molecule has 5 nitrogen and oxygen atoms in total. The smallest absolute Gasteiger partial charge is 0.222 e. The first-order valence-electron chi connectivity index (χ1n) is 10.1. The van der Waals surface area contributed by atoms with Crippen molar-refractivity contribution in [3.63, 3.8) is 0 Å². The average molecular weight is 462 g/mol. The maximum absolute atomic E-state index is 12.1. The van der Waals surface area contributed by atoms with Gasteiger partial charge in [-0.05, 0) is 44.4 Å². The number of hydrogen-bond donors (Lipinski definition) is 2. The van der Waals surface area contributed by atoms with E-state index in [2.05, 4.69) is 22.5 Å². The van der Waals surface area contributed by atoms with Crippen LogP contribution in [0, 0.1) is 11.8 Å². The molecule has 2 saturated carbocycles. The first-order chi connectivity index (χ1) is 11.8. The Morgan fingerprint density at radius 2 is 1.64 bits per heavy atom. The number of carbonyl (C=O) groups is 1. The highest BCUT2D eigenvalue weighted by Gasteiger charge is 2.35. The molecule has 1 heterocycles. The molecule has 2 N–H and O–H groups in total. The Hall–Kier alpha value is -0.530. The molecule has 3 rings (SSSR count). The van der Waals surface area contributed by atoms with Crippen LogP contribution < -0.4 is 10.6 Å². The number of carbonyl (C=O) groups excluding carboxylic acids is 1. The second kappa shape index (κ2) is 10.6. The molecule has 6 heteroatoms. The zero-order valence-corrected chi connectivity index (χ0v) is 18.0. The standard InChI is InChI=1S/C19H34N4O.HI/c1-2-20-19(23-13-15-7-3-4-8-16(15)14-23)21-12-11-18(24)22-17-9-5-6-10-17;/h15-17H,2-14H2,1H3,(H,20,21)(H,22,24);1H. The van der Waals surface area contributed by atoms with Crippen LogP contribution in [0.5, 0.6) is 0 Å². The van der Waals surface area contributed by atoms with Crippen molar-refractivity contribution >= 4 is 35.8 Å². The lowest BCUT2D eigenvalue weighted by atomic mass is 9.82. The normalized spacial score (nSPS) is 26.9. The highest BCUT2D eigenvalue weighted by molar-refractivity contribution is 14.0. The molecule has 0 aromatic rings. The molecule has 144 valence electrons. The van der Waals surface area contributed by atoms with Gasteiger partial charge in [-0.2, -0.15) is 0 Å².